The number of benzene rings is 1. The third-order valence-corrected chi connectivity index (χ3v) is 4.16. The molecule has 160 valence electrons. The molecule has 0 saturated carbocycles. The van der Waals surface area contributed by atoms with E-state index in [1.807, 2.05) is 19.9 Å². The monoisotopic (exact) mass is 406 g/mol. The minimum absolute atomic E-state index is 0.115. The van der Waals surface area contributed by atoms with Gasteiger partial charge in [0.15, 0.2) is 0 Å². The van der Waals surface area contributed by atoms with Crippen LogP contribution in [0.3, 0.4) is 0 Å². The van der Waals surface area contributed by atoms with Gasteiger partial charge in [-0.1, -0.05) is 44.2 Å². The maximum Gasteiger partial charge on any atom is 0.245 e. The van der Waals surface area contributed by atoms with Crippen LogP contribution in [-0.4, -0.2) is 53.5 Å². The van der Waals surface area contributed by atoms with E-state index in [2.05, 4.69) is 16.0 Å². The molecule has 0 fully saturated rings. The topological polar surface area (TPSA) is 151 Å². The zero-order valence-corrected chi connectivity index (χ0v) is 17.0. The molecule has 0 aliphatic carbocycles. The second kappa shape index (κ2) is 11.8. The maximum atomic E-state index is 12.5. The molecule has 0 heterocycles. The van der Waals surface area contributed by atoms with Crippen LogP contribution >= 0.6 is 0 Å². The average molecular weight is 406 g/mol. The van der Waals surface area contributed by atoms with Gasteiger partial charge in [-0.05, 0) is 17.9 Å². The predicted molar refractivity (Wildman–Crippen MR) is 107 cm³/mol. The molecule has 1 aromatic rings. The largest absolute Gasteiger partial charge is 0.394 e. The fourth-order valence-corrected chi connectivity index (χ4v) is 2.76. The number of nitrogens with one attached hydrogen (secondary N) is 3. The van der Waals surface area contributed by atoms with Gasteiger partial charge in [0.2, 0.25) is 23.6 Å². The Balaban J connectivity index is 2.80. The van der Waals surface area contributed by atoms with Crippen molar-refractivity contribution in [1.29, 1.82) is 0 Å². The molecule has 0 radical (unpaired) electrons. The van der Waals surface area contributed by atoms with Gasteiger partial charge in [-0.15, -0.1) is 0 Å². The van der Waals surface area contributed by atoms with E-state index < -0.39 is 42.5 Å². The average Bonchev–Trinajstić information content (AvgIpc) is 2.64. The number of aliphatic hydroxyl groups is 1. The second-order valence-corrected chi connectivity index (χ2v) is 7.28. The van der Waals surface area contributed by atoms with Crippen molar-refractivity contribution in [3.8, 4) is 0 Å². The van der Waals surface area contributed by atoms with E-state index >= 15 is 0 Å². The van der Waals surface area contributed by atoms with Gasteiger partial charge in [0.1, 0.15) is 18.1 Å². The third-order valence-electron chi connectivity index (χ3n) is 4.16. The van der Waals surface area contributed by atoms with E-state index in [-0.39, 0.29) is 18.2 Å². The van der Waals surface area contributed by atoms with Gasteiger partial charge in [-0.3, -0.25) is 19.2 Å². The Bertz CT molecular complexity index is 708. The molecule has 6 N–H and O–H groups in total. The molecule has 0 bridgehead atoms. The highest BCUT2D eigenvalue weighted by Gasteiger charge is 2.28. The lowest BCUT2D eigenvalue weighted by Crippen LogP contribution is -2.57. The van der Waals surface area contributed by atoms with Crippen LogP contribution in [0.4, 0.5) is 0 Å². The summed E-state index contributed by atoms with van der Waals surface area (Å²) in [6.45, 7) is 4.39. The molecule has 3 atom stereocenters. The Kier molecular flexibility index (Phi) is 9.81. The van der Waals surface area contributed by atoms with Gasteiger partial charge < -0.3 is 26.8 Å². The van der Waals surface area contributed by atoms with Crippen molar-refractivity contribution in [1.82, 2.24) is 16.0 Å². The Labute approximate surface area is 170 Å². The number of aliphatic hydroxyl groups excluding tert-OH is 1. The summed E-state index contributed by atoms with van der Waals surface area (Å²) >= 11 is 0. The molecule has 0 saturated heterocycles. The summed E-state index contributed by atoms with van der Waals surface area (Å²) in [6, 6.07) is 5.86. The van der Waals surface area contributed by atoms with Gasteiger partial charge in [0, 0.05) is 13.3 Å². The number of nitrogens with two attached hydrogens (primary N) is 1. The van der Waals surface area contributed by atoms with Crippen molar-refractivity contribution in [3.63, 3.8) is 0 Å². The van der Waals surface area contributed by atoms with Crippen LogP contribution in [0.2, 0.25) is 0 Å². The van der Waals surface area contributed by atoms with Crippen molar-refractivity contribution < 1.29 is 24.3 Å². The van der Waals surface area contributed by atoms with Crippen molar-refractivity contribution in [2.45, 2.75) is 51.7 Å². The molecule has 4 amide bonds. The minimum Gasteiger partial charge on any atom is -0.394 e. The van der Waals surface area contributed by atoms with Crippen LogP contribution < -0.4 is 21.7 Å². The zero-order chi connectivity index (χ0) is 22.0. The summed E-state index contributed by atoms with van der Waals surface area (Å²) < 4.78 is 0. The summed E-state index contributed by atoms with van der Waals surface area (Å²) in [7, 11) is 0. The Hall–Kier alpha value is -2.94. The molecular weight excluding hydrogens is 376 g/mol. The number of amides is 4. The van der Waals surface area contributed by atoms with Crippen LogP contribution in [0, 0.1) is 5.92 Å². The second-order valence-electron chi connectivity index (χ2n) is 7.28. The van der Waals surface area contributed by atoms with Crippen LogP contribution in [0.1, 0.15) is 32.8 Å². The number of rotatable bonds is 11. The third kappa shape index (κ3) is 8.73. The Morgan fingerprint density at radius 3 is 1.97 bits per heavy atom. The standard InChI is InChI=1S/C20H30N4O5/c1-12(2)9-16(22-13(3)26)19(28)24-17(11-25)20(29)23-15(18(21)27)10-14-7-5-4-6-8-14/h4-8,12,15-17,25H,9-11H2,1-3H3,(H2,21,27)(H,22,26)(H,23,29)(H,24,28)/t15-,16-,17-/m0/s1. The van der Waals surface area contributed by atoms with E-state index in [1.54, 1.807) is 24.3 Å². The number of carbonyl (C=O) groups excluding carboxylic acids is 4. The molecule has 1 rings (SSSR count). The molecule has 0 aromatic heterocycles. The van der Waals surface area contributed by atoms with Crippen LogP contribution in [0.15, 0.2) is 30.3 Å². The molecule has 0 spiro atoms. The fourth-order valence-electron chi connectivity index (χ4n) is 2.76. The molecule has 29 heavy (non-hydrogen) atoms. The number of primary amides is 1. The van der Waals surface area contributed by atoms with E-state index in [4.69, 9.17) is 5.73 Å². The minimum atomic E-state index is -1.29. The van der Waals surface area contributed by atoms with Gasteiger partial charge in [0.25, 0.3) is 0 Å². The highest BCUT2D eigenvalue weighted by molar-refractivity contribution is 5.93. The summed E-state index contributed by atoms with van der Waals surface area (Å²) in [5.74, 6) is -2.34. The summed E-state index contributed by atoms with van der Waals surface area (Å²) in [5, 5.41) is 17.0. The quantitative estimate of drug-likeness (QED) is 0.327. The Morgan fingerprint density at radius 2 is 1.48 bits per heavy atom. The van der Waals surface area contributed by atoms with Crippen LogP contribution in [-0.2, 0) is 25.6 Å². The molecule has 9 heteroatoms. The zero-order valence-electron chi connectivity index (χ0n) is 17.0. The van der Waals surface area contributed by atoms with Crippen molar-refractivity contribution in [2.75, 3.05) is 6.61 Å². The van der Waals surface area contributed by atoms with Gasteiger partial charge in [-0.2, -0.15) is 0 Å². The first kappa shape index (κ1) is 24.1. The normalized spacial score (nSPS) is 13.8. The van der Waals surface area contributed by atoms with E-state index in [1.165, 1.54) is 6.92 Å². The van der Waals surface area contributed by atoms with Crippen molar-refractivity contribution >= 4 is 23.6 Å². The summed E-state index contributed by atoms with van der Waals surface area (Å²) in [4.78, 5) is 48.1. The summed E-state index contributed by atoms with van der Waals surface area (Å²) in [5.41, 5.74) is 6.18. The van der Waals surface area contributed by atoms with Gasteiger partial charge in [0.05, 0.1) is 6.61 Å². The first-order valence-electron chi connectivity index (χ1n) is 9.46. The lowest BCUT2D eigenvalue weighted by molar-refractivity contribution is -0.134. The van der Waals surface area contributed by atoms with Crippen LogP contribution in [0.25, 0.3) is 0 Å². The molecular formula is C20H30N4O5. The number of hydrogen-bond acceptors (Lipinski definition) is 5. The highest BCUT2D eigenvalue weighted by atomic mass is 16.3. The number of carbonyl (C=O) groups is 4. The highest BCUT2D eigenvalue weighted by Crippen LogP contribution is 2.06. The molecule has 0 aliphatic heterocycles. The smallest absolute Gasteiger partial charge is 0.245 e. The maximum absolute atomic E-state index is 12.5. The van der Waals surface area contributed by atoms with Crippen LogP contribution in [0.5, 0.6) is 0 Å². The van der Waals surface area contributed by atoms with E-state index in [0.29, 0.717) is 6.42 Å². The van der Waals surface area contributed by atoms with Gasteiger partial charge in [-0.25, -0.2) is 0 Å². The SMILES string of the molecule is CC(=O)N[C@@H](CC(C)C)C(=O)N[C@@H](CO)C(=O)N[C@@H](Cc1ccccc1)C(N)=O. The van der Waals surface area contributed by atoms with E-state index in [0.717, 1.165) is 5.56 Å². The Morgan fingerprint density at radius 1 is 0.931 bits per heavy atom. The van der Waals surface area contributed by atoms with Gasteiger partial charge >= 0.3 is 0 Å². The van der Waals surface area contributed by atoms with E-state index in [9.17, 15) is 24.3 Å². The fraction of sp³-hybridized carbons (Fsp3) is 0.500. The predicted octanol–water partition coefficient (Wildman–Crippen LogP) is -0.773. The molecule has 0 aliphatic rings. The first-order valence-corrected chi connectivity index (χ1v) is 9.46. The molecule has 1 aromatic carbocycles. The van der Waals surface area contributed by atoms with Crippen molar-refractivity contribution in [2.24, 2.45) is 11.7 Å². The first-order chi connectivity index (χ1) is 13.6. The molecule has 0 unspecified atom stereocenters. The lowest BCUT2D eigenvalue weighted by Gasteiger charge is -2.24. The lowest BCUT2D eigenvalue weighted by atomic mass is 10.0. The van der Waals surface area contributed by atoms with Crippen molar-refractivity contribution in [3.05, 3.63) is 35.9 Å². The number of hydrogen-bond donors (Lipinski definition) is 5. The molecule has 9 nitrogen and oxygen atoms in total. The summed E-state index contributed by atoms with van der Waals surface area (Å²) in [6.07, 6.45) is 0.541.